The van der Waals surface area contributed by atoms with Crippen LogP contribution in [-0.2, 0) is 6.42 Å². The van der Waals surface area contributed by atoms with Crippen LogP contribution >= 0.6 is 11.3 Å². The highest BCUT2D eigenvalue weighted by Gasteiger charge is 2.45. The van der Waals surface area contributed by atoms with Crippen LogP contribution in [0.2, 0.25) is 0 Å². The molecule has 0 saturated heterocycles. The van der Waals surface area contributed by atoms with E-state index in [1.165, 1.54) is 16.2 Å². The second-order valence-electron chi connectivity index (χ2n) is 8.01. The number of anilines is 1. The number of hydrogen-bond donors (Lipinski definition) is 1. The van der Waals surface area contributed by atoms with Crippen LogP contribution < -0.4 is 10.3 Å². The Kier molecular flexibility index (Phi) is 4.82. The predicted octanol–water partition coefficient (Wildman–Crippen LogP) is 4.67. The predicted molar refractivity (Wildman–Crippen MR) is 123 cm³/mol. The van der Waals surface area contributed by atoms with Gasteiger partial charge in [-0.2, -0.15) is 0 Å². The van der Waals surface area contributed by atoms with Crippen LogP contribution in [0.15, 0.2) is 45.6 Å². The molecule has 162 valence electrons. The van der Waals surface area contributed by atoms with Gasteiger partial charge in [0.2, 0.25) is 10.9 Å². The van der Waals surface area contributed by atoms with Gasteiger partial charge < -0.3 is 9.52 Å². The van der Waals surface area contributed by atoms with E-state index in [0.717, 1.165) is 29.0 Å². The minimum atomic E-state index is -0.769. The highest BCUT2D eigenvalue weighted by molar-refractivity contribution is 7.15. The van der Waals surface area contributed by atoms with Gasteiger partial charge in [-0.05, 0) is 61.2 Å². The first-order valence-corrected chi connectivity index (χ1v) is 11.2. The number of benzene rings is 2. The molecule has 0 saturated carbocycles. The number of rotatable bonds is 4. The van der Waals surface area contributed by atoms with E-state index >= 15 is 0 Å². The average Bonchev–Trinajstić information content (AvgIpc) is 3.33. The lowest BCUT2D eigenvalue weighted by molar-refractivity contribution is 0.0970. The number of amides is 1. The summed E-state index contributed by atoms with van der Waals surface area (Å²) in [5, 5.41) is 20.2. The van der Waals surface area contributed by atoms with Crippen molar-refractivity contribution in [2.45, 2.75) is 39.7 Å². The molecule has 0 radical (unpaired) electrons. The first-order chi connectivity index (χ1) is 15.4. The van der Waals surface area contributed by atoms with Crippen LogP contribution in [0.25, 0.3) is 11.0 Å². The fourth-order valence-corrected chi connectivity index (χ4v) is 5.06. The quantitative estimate of drug-likeness (QED) is 0.488. The molecule has 3 heterocycles. The van der Waals surface area contributed by atoms with Crippen LogP contribution in [0, 0.1) is 13.8 Å². The van der Waals surface area contributed by atoms with E-state index in [0.29, 0.717) is 21.7 Å². The summed E-state index contributed by atoms with van der Waals surface area (Å²) in [6, 6.07) is 9.38. The number of carbonyl (C=O) groups is 1. The molecular formula is C24H21N3O4S. The number of hydrogen-bond acceptors (Lipinski definition) is 7. The van der Waals surface area contributed by atoms with Gasteiger partial charge in [0, 0.05) is 6.42 Å². The van der Waals surface area contributed by atoms with E-state index in [1.807, 2.05) is 20.8 Å². The van der Waals surface area contributed by atoms with Crippen LogP contribution in [0.4, 0.5) is 5.13 Å². The summed E-state index contributed by atoms with van der Waals surface area (Å²) in [6.07, 6.45) is 1.66. The number of aromatic nitrogens is 2. The fraction of sp³-hybridized carbons (Fsp3) is 0.250. The third-order valence-corrected chi connectivity index (χ3v) is 6.78. The van der Waals surface area contributed by atoms with Crippen molar-refractivity contribution in [3.05, 3.63) is 79.6 Å². The van der Waals surface area contributed by atoms with E-state index in [-0.39, 0.29) is 22.5 Å². The number of aryl methyl sites for hydroxylation is 3. The number of nitrogens with zero attached hydrogens (tertiary/aromatic N) is 3. The van der Waals surface area contributed by atoms with E-state index in [4.69, 9.17) is 4.42 Å². The molecule has 7 nitrogen and oxygen atoms in total. The summed E-state index contributed by atoms with van der Waals surface area (Å²) in [6.45, 7) is 5.91. The van der Waals surface area contributed by atoms with Gasteiger partial charge in [-0.1, -0.05) is 30.4 Å². The topological polar surface area (TPSA) is 96.5 Å². The monoisotopic (exact) mass is 447 g/mol. The number of aromatic hydroxyl groups is 1. The summed E-state index contributed by atoms with van der Waals surface area (Å²) < 4.78 is 6.02. The Labute approximate surface area is 188 Å². The third-order valence-electron chi connectivity index (χ3n) is 5.80. The van der Waals surface area contributed by atoms with E-state index in [2.05, 4.69) is 10.2 Å². The molecule has 5 rings (SSSR count). The Bertz CT molecular complexity index is 1440. The SMILES string of the molecule is CCCc1nnc(N2C(=O)c3oc4cc(C)c(C)cc4c(=O)c3C2c2cccc(O)c2)s1. The lowest BCUT2D eigenvalue weighted by Gasteiger charge is -2.22. The molecule has 0 aliphatic carbocycles. The average molecular weight is 448 g/mol. The number of phenols is 1. The standard InChI is InChI=1S/C24H21N3O4S/c1-4-6-18-25-26-24(32-18)27-20(14-7-5-8-15(28)11-14)19-21(29)16-9-12(2)13(3)10-17(16)31-22(19)23(27)30/h5,7-11,20,28H,4,6H2,1-3H3. The maximum Gasteiger partial charge on any atom is 0.297 e. The Hall–Kier alpha value is -3.52. The summed E-state index contributed by atoms with van der Waals surface area (Å²) in [5.74, 6) is -0.389. The maximum absolute atomic E-state index is 13.6. The molecule has 1 amide bonds. The van der Waals surface area contributed by atoms with Crippen LogP contribution in [0.5, 0.6) is 5.75 Å². The summed E-state index contributed by atoms with van der Waals surface area (Å²) in [5.41, 5.74) is 2.91. The van der Waals surface area contributed by atoms with Gasteiger partial charge in [0.25, 0.3) is 5.91 Å². The molecule has 4 aromatic rings. The smallest absolute Gasteiger partial charge is 0.297 e. The van der Waals surface area contributed by atoms with Gasteiger partial charge in [-0.3, -0.25) is 14.5 Å². The highest BCUT2D eigenvalue weighted by Crippen LogP contribution is 2.42. The molecule has 1 aliphatic heterocycles. The second-order valence-corrected chi connectivity index (χ2v) is 9.05. The van der Waals surface area contributed by atoms with Crippen molar-refractivity contribution in [2.24, 2.45) is 0 Å². The second kappa shape index (κ2) is 7.56. The lowest BCUT2D eigenvalue weighted by Crippen LogP contribution is -2.29. The molecule has 2 aromatic carbocycles. The first-order valence-electron chi connectivity index (χ1n) is 10.4. The van der Waals surface area contributed by atoms with E-state index in [9.17, 15) is 14.7 Å². The third kappa shape index (κ3) is 3.10. The van der Waals surface area contributed by atoms with Crippen LogP contribution in [0.1, 0.15) is 57.2 Å². The Morgan fingerprint density at radius 3 is 2.66 bits per heavy atom. The fourth-order valence-electron chi connectivity index (χ4n) is 4.09. The number of fused-ring (bicyclic) bond motifs is 2. The molecular weight excluding hydrogens is 426 g/mol. The zero-order chi connectivity index (χ0) is 22.6. The molecule has 2 aromatic heterocycles. The molecule has 1 N–H and O–H groups in total. The maximum atomic E-state index is 13.6. The van der Waals surface area contributed by atoms with E-state index < -0.39 is 11.9 Å². The zero-order valence-corrected chi connectivity index (χ0v) is 18.7. The molecule has 32 heavy (non-hydrogen) atoms. The minimum absolute atomic E-state index is 0.00587. The molecule has 1 atom stereocenters. The molecule has 0 bridgehead atoms. The van der Waals surface area contributed by atoms with Gasteiger partial charge in [0.15, 0.2) is 5.43 Å². The largest absolute Gasteiger partial charge is 0.508 e. The summed E-state index contributed by atoms with van der Waals surface area (Å²) >= 11 is 1.32. The number of phenolic OH excluding ortho intramolecular Hbond substituents is 1. The molecule has 1 unspecified atom stereocenters. The normalized spacial score (nSPS) is 15.5. The molecule has 0 fully saturated rings. The Morgan fingerprint density at radius 1 is 1.12 bits per heavy atom. The zero-order valence-electron chi connectivity index (χ0n) is 17.9. The Balaban J connectivity index is 1.79. The first kappa shape index (κ1) is 20.4. The van der Waals surface area contributed by atoms with Crippen molar-refractivity contribution in [3.8, 4) is 5.75 Å². The van der Waals surface area contributed by atoms with Crippen molar-refractivity contribution >= 4 is 33.3 Å². The minimum Gasteiger partial charge on any atom is -0.508 e. The van der Waals surface area contributed by atoms with Gasteiger partial charge in [-0.25, -0.2) is 0 Å². The van der Waals surface area contributed by atoms with E-state index in [1.54, 1.807) is 36.4 Å². The Morgan fingerprint density at radius 2 is 1.91 bits per heavy atom. The van der Waals surface area contributed by atoms with Crippen molar-refractivity contribution in [2.75, 3.05) is 4.90 Å². The van der Waals surface area contributed by atoms with Gasteiger partial charge in [-0.15, -0.1) is 10.2 Å². The highest BCUT2D eigenvalue weighted by atomic mass is 32.1. The van der Waals surface area contributed by atoms with Gasteiger partial charge in [0.05, 0.1) is 17.0 Å². The van der Waals surface area contributed by atoms with Gasteiger partial charge >= 0.3 is 0 Å². The molecule has 0 spiro atoms. The van der Waals surface area contributed by atoms with Crippen molar-refractivity contribution in [1.29, 1.82) is 0 Å². The summed E-state index contributed by atoms with van der Waals surface area (Å²) in [7, 11) is 0. The van der Waals surface area contributed by atoms with Gasteiger partial charge in [0.1, 0.15) is 16.3 Å². The summed E-state index contributed by atoms with van der Waals surface area (Å²) in [4.78, 5) is 28.7. The van der Waals surface area contributed by atoms with Crippen molar-refractivity contribution in [3.63, 3.8) is 0 Å². The lowest BCUT2D eigenvalue weighted by atomic mass is 9.97. The van der Waals surface area contributed by atoms with Crippen molar-refractivity contribution < 1.29 is 14.3 Å². The number of carbonyl (C=O) groups excluding carboxylic acids is 1. The molecule has 1 aliphatic rings. The van der Waals surface area contributed by atoms with Crippen molar-refractivity contribution in [1.82, 2.24) is 10.2 Å². The molecule has 8 heteroatoms. The van der Waals surface area contributed by atoms with Crippen LogP contribution in [0.3, 0.4) is 0 Å². The van der Waals surface area contributed by atoms with Crippen LogP contribution in [-0.4, -0.2) is 21.2 Å².